The molecule has 0 aromatic heterocycles. The Balaban J connectivity index is 2.14. The molecule has 20 heavy (non-hydrogen) atoms. The molecule has 0 saturated carbocycles. The quantitative estimate of drug-likeness (QED) is 0.750. The number of allylic oxidation sites excluding steroid dienone is 1. The van der Waals surface area contributed by atoms with Crippen molar-refractivity contribution >= 4 is 22.0 Å². The fraction of sp³-hybridized carbons (Fsp3) is 0.118. The Bertz CT molecular complexity index is 654. The molecule has 0 spiro atoms. The Hall–Kier alpha value is -2.05. The second kappa shape index (κ2) is 6.93. The Labute approximate surface area is 127 Å². The number of hydrogen-bond acceptors (Lipinski definition) is 2. The van der Waals surface area contributed by atoms with E-state index in [-0.39, 0.29) is 0 Å². The van der Waals surface area contributed by atoms with Gasteiger partial charge in [0.25, 0.3) is 0 Å². The monoisotopic (exact) mass is 327 g/mol. The van der Waals surface area contributed by atoms with Crippen molar-refractivity contribution in [2.75, 3.05) is 0 Å². The van der Waals surface area contributed by atoms with Crippen LogP contribution in [0.5, 0.6) is 5.75 Å². The van der Waals surface area contributed by atoms with Crippen LogP contribution < -0.4 is 4.74 Å². The van der Waals surface area contributed by atoms with Crippen LogP contribution in [-0.2, 0) is 6.61 Å². The SMILES string of the molecule is Cc1ccc(COc2ccc(Br)cc2/C=C/C#N)cc1. The summed E-state index contributed by atoms with van der Waals surface area (Å²) in [5.41, 5.74) is 3.23. The summed E-state index contributed by atoms with van der Waals surface area (Å²) in [6.45, 7) is 2.57. The van der Waals surface area contributed by atoms with Gasteiger partial charge in [0.05, 0.1) is 6.07 Å². The van der Waals surface area contributed by atoms with Crippen molar-refractivity contribution in [3.63, 3.8) is 0 Å². The second-order valence-corrected chi connectivity index (χ2v) is 5.33. The molecular weight excluding hydrogens is 314 g/mol. The van der Waals surface area contributed by atoms with Gasteiger partial charge in [-0.15, -0.1) is 0 Å². The van der Waals surface area contributed by atoms with E-state index in [9.17, 15) is 0 Å². The molecule has 0 aliphatic carbocycles. The van der Waals surface area contributed by atoms with Crippen LogP contribution >= 0.6 is 15.9 Å². The number of nitrogens with zero attached hydrogens (tertiary/aromatic N) is 1. The van der Waals surface area contributed by atoms with E-state index in [1.54, 1.807) is 6.08 Å². The van der Waals surface area contributed by atoms with Gasteiger partial charge in [-0.05, 0) is 36.8 Å². The van der Waals surface area contributed by atoms with Crippen LogP contribution in [0.15, 0.2) is 53.0 Å². The molecule has 0 fully saturated rings. The second-order valence-electron chi connectivity index (χ2n) is 4.42. The third-order valence-corrected chi connectivity index (χ3v) is 3.32. The van der Waals surface area contributed by atoms with Crippen molar-refractivity contribution in [2.45, 2.75) is 13.5 Å². The van der Waals surface area contributed by atoms with Crippen molar-refractivity contribution < 1.29 is 4.74 Å². The van der Waals surface area contributed by atoms with Gasteiger partial charge in [-0.3, -0.25) is 0 Å². The number of ether oxygens (including phenoxy) is 1. The number of benzene rings is 2. The maximum atomic E-state index is 8.63. The Morgan fingerprint density at radius 1 is 1.20 bits per heavy atom. The molecule has 2 aromatic carbocycles. The van der Waals surface area contributed by atoms with Crippen LogP contribution in [0.4, 0.5) is 0 Å². The molecule has 0 heterocycles. The van der Waals surface area contributed by atoms with Gasteiger partial charge in [0.2, 0.25) is 0 Å². The van der Waals surface area contributed by atoms with E-state index >= 15 is 0 Å². The van der Waals surface area contributed by atoms with Crippen LogP contribution in [0.1, 0.15) is 16.7 Å². The first-order chi connectivity index (χ1) is 9.69. The maximum Gasteiger partial charge on any atom is 0.127 e. The molecule has 0 aliphatic heterocycles. The highest BCUT2D eigenvalue weighted by Crippen LogP contribution is 2.25. The van der Waals surface area contributed by atoms with Gasteiger partial charge < -0.3 is 4.74 Å². The summed E-state index contributed by atoms with van der Waals surface area (Å²) in [7, 11) is 0. The number of hydrogen-bond donors (Lipinski definition) is 0. The normalized spacial score (nSPS) is 10.4. The highest BCUT2D eigenvalue weighted by molar-refractivity contribution is 9.10. The number of aryl methyl sites for hydroxylation is 1. The lowest BCUT2D eigenvalue weighted by Crippen LogP contribution is -1.97. The van der Waals surface area contributed by atoms with Crippen LogP contribution in [0.25, 0.3) is 6.08 Å². The number of rotatable bonds is 4. The molecule has 3 heteroatoms. The minimum atomic E-state index is 0.509. The van der Waals surface area contributed by atoms with Crippen molar-refractivity contribution in [2.24, 2.45) is 0 Å². The van der Waals surface area contributed by atoms with Crippen molar-refractivity contribution in [1.29, 1.82) is 5.26 Å². The fourth-order valence-corrected chi connectivity index (χ4v) is 2.13. The fourth-order valence-electron chi connectivity index (χ4n) is 1.75. The highest BCUT2D eigenvalue weighted by Gasteiger charge is 2.02. The highest BCUT2D eigenvalue weighted by atomic mass is 79.9. The van der Waals surface area contributed by atoms with Crippen LogP contribution in [0.3, 0.4) is 0 Å². The maximum absolute atomic E-state index is 8.63. The van der Waals surface area contributed by atoms with Gasteiger partial charge in [-0.1, -0.05) is 45.8 Å². The van der Waals surface area contributed by atoms with E-state index in [0.717, 1.165) is 21.3 Å². The predicted octanol–water partition coefficient (Wildman–Crippen LogP) is 4.87. The summed E-state index contributed by atoms with van der Waals surface area (Å²) < 4.78 is 6.79. The standard InChI is InChI=1S/C17H14BrNO/c1-13-4-6-14(7-5-13)12-20-17-9-8-16(18)11-15(17)3-2-10-19/h2-9,11H,12H2,1H3/b3-2+. The molecule has 0 saturated heterocycles. The third kappa shape index (κ3) is 3.97. The van der Waals surface area contributed by atoms with Gasteiger partial charge in [-0.25, -0.2) is 0 Å². The topological polar surface area (TPSA) is 33.0 Å². The first kappa shape index (κ1) is 14.4. The third-order valence-electron chi connectivity index (χ3n) is 2.82. The van der Waals surface area contributed by atoms with Crippen LogP contribution in [0.2, 0.25) is 0 Å². The molecule has 0 radical (unpaired) electrons. The molecule has 100 valence electrons. The van der Waals surface area contributed by atoms with E-state index in [1.807, 2.05) is 24.3 Å². The van der Waals surface area contributed by atoms with E-state index < -0.39 is 0 Å². The molecule has 0 atom stereocenters. The molecule has 2 aromatic rings. The molecule has 2 rings (SSSR count). The number of halogens is 1. The zero-order chi connectivity index (χ0) is 14.4. The Morgan fingerprint density at radius 3 is 2.65 bits per heavy atom. The predicted molar refractivity (Wildman–Crippen MR) is 84.3 cm³/mol. The minimum Gasteiger partial charge on any atom is -0.488 e. The van der Waals surface area contributed by atoms with Gasteiger partial charge in [0, 0.05) is 16.1 Å². The van der Waals surface area contributed by atoms with Gasteiger partial charge in [-0.2, -0.15) is 5.26 Å². The average molecular weight is 328 g/mol. The van der Waals surface area contributed by atoms with Crippen LogP contribution in [-0.4, -0.2) is 0 Å². The molecule has 0 unspecified atom stereocenters. The lowest BCUT2D eigenvalue weighted by molar-refractivity contribution is 0.305. The largest absolute Gasteiger partial charge is 0.488 e. The average Bonchev–Trinajstić information content (AvgIpc) is 2.46. The lowest BCUT2D eigenvalue weighted by Gasteiger charge is -2.10. The van der Waals surface area contributed by atoms with Gasteiger partial charge in [0.1, 0.15) is 12.4 Å². The Morgan fingerprint density at radius 2 is 1.95 bits per heavy atom. The first-order valence-corrected chi connectivity index (χ1v) is 7.02. The zero-order valence-corrected chi connectivity index (χ0v) is 12.7. The van der Waals surface area contributed by atoms with E-state index in [0.29, 0.717) is 6.61 Å². The lowest BCUT2D eigenvalue weighted by atomic mass is 10.1. The summed E-state index contributed by atoms with van der Waals surface area (Å²) in [4.78, 5) is 0. The summed E-state index contributed by atoms with van der Waals surface area (Å²) in [5, 5.41) is 8.63. The van der Waals surface area contributed by atoms with E-state index in [1.165, 1.54) is 11.6 Å². The van der Waals surface area contributed by atoms with Gasteiger partial charge >= 0.3 is 0 Å². The zero-order valence-electron chi connectivity index (χ0n) is 11.1. The molecule has 2 nitrogen and oxygen atoms in total. The van der Waals surface area contributed by atoms with Crippen molar-refractivity contribution in [3.8, 4) is 11.8 Å². The molecule has 0 aliphatic rings. The van der Waals surface area contributed by atoms with E-state index in [4.69, 9.17) is 10.00 Å². The number of nitriles is 1. The smallest absolute Gasteiger partial charge is 0.127 e. The van der Waals surface area contributed by atoms with Gasteiger partial charge in [0.15, 0.2) is 0 Å². The molecule has 0 amide bonds. The van der Waals surface area contributed by atoms with E-state index in [2.05, 4.69) is 47.1 Å². The first-order valence-electron chi connectivity index (χ1n) is 6.23. The summed E-state index contributed by atoms with van der Waals surface area (Å²) in [6, 6.07) is 16.0. The van der Waals surface area contributed by atoms with Crippen molar-refractivity contribution in [1.82, 2.24) is 0 Å². The minimum absolute atomic E-state index is 0.509. The summed E-state index contributed by atoms with van der Waals surface area (Å²) in [5.74, 6) is 0.764. The van der Waals surface area contributed by atoms with Crippen molar-refractivity contribution in [3.05, 3.63) is 69.7 Å². The van der Waals surface area contributed by atoms with Crippen LogP contribution in [0, 0.1) is 18.3 Å². The molecule has 0 bridgehead atoms. The Kier molecular flexibility index (Phi) is 4.97. The summed E-state index contributed by atoms with van der Waals surface area (Å²) >= 11 is 3.42. The summed E-state index contributed by atoms with van der Waals surface area (Å²) in [6.07, 6.45) is 3.19. The molecular formula is C17H14BrNO. The molecule has 0 N–H and O–H groups in total.